The van der Waals surface area contributed by atoms with Gasteiger partial charge in [-0.05, 0) is 55.6 Å². The van der Waals surface area contributed by atoms with Gasteiger partial charge in [-0.25, -0.2) is 9.50 Å². The van der Waals surface area contributed by atoms with E-state index in [1.54, 1.807) is 0 Å². The Kier molecular flexibility index (Phi) is 3.78. The number of hydrogen-bond acceptors (Lipinski definition) is 5. The van der Waals surface area contributed by atoms with E-state index in [4.69, 9.17) is 4.98 Å². The molecule has 4 heterocycles. The van der Waals surface area contributed by atoms with E-state index in [2.05, 4.69) is 45.8 Å². The van der Waals surface area contributed by atoms with E-state index in [0.29, 0.717) is 6.04 Å². The summed E-state index contributed by atoms with van der Waals surface area (Å²) in [7, 11) is 0. The Balaban J connectivity index is 1.62. The summed E-state index contributed by atoms with van der Waals surface area (Å²) in [4.78, 5) is 7.43. The highest BCUT2D eigenvalue weighted by Gasteiger charge is 2.22. The van der Waals surface area contributed by atoms with Crippen molar-refractivity contribution in [2.45, 2.75) is 25.8 Å². The highest BCUT2D eigenvalue weighted by Crippen LogP contribution is 2.30. The summed E-state index contributed by atoms with van der Waals surface area (Å²) in [5.74, 6) is 0.938. The number of nitrogens with one attached hydrogen (secondary N) is 2. The first-order valence-electron chi connectivity index (χ1n) is 9.44. The maximum absolute atomic E-state index is 4.89. The quantitative estimate of drug-likeness (QED) is 0.654. The molecule has 26 heavy (non-hydrogen) atoms. The van der Waals surface area contributed by atoms with Gasteiger partial charge in [-0.2, -0.15) is 5.10 Å². The van der Waals surface area contributed by atoms with Crippen molar-refractivity contribution in [1.82, 2.24) is 19.5 Å². The summed E-state index contributed by atoms with van der Waals surface area (Å²) < 4.78 is 1.86. The van der Waals surface area contributed by atoms with Gasteiger partial charge in [0.15, 0.2) is 5.65 Å². The van der Waals surface area contributed by atoms with Crippen LogP contribution < -0.4 is 10.6 Å². The SMILES string of the molecule is Cc1ccc2cc1-c1cnn3ccc(nc13)NC1CCN(CCCN2)C1. The highest BCUT2D eigenvalue weighted by atomic mass is 15.3. The molecule has 2 aliphatic heterocycles. The van der Waals surface area contributed by atoms with Gasteiger partial charge >= 0.3 is 0 Å². The maximum Gasteiger partial charge on any atom is 0.165 e. The number of nitrogens with zero attached hydrogens (tertiary/aromatic N) is 4. The number of rotatable bonds is 0. The molecule has 0 spiro atoms. The Morgan fingerprint density at radius 2 is 2.12 bits per heavy atom. The standard InChI is InChI=1S/C20H24N6/c1-14-3-4-15-11-17(14)18-12-22-26-10-6-19(24-20(18)26)23-16-5-9-25(13-16)8-2-7-21-15/h3-4,6,10-12,16,21H,2,5,7-9,13H2,1H3,(H,23,24). The molecular weight excluding hydrogens is 324 g/mol. The Hall–Kier alpha value is -2.60. The molecular formula is C20H24N6. The molecule has 5 rings (SSSR count). The molecule has 6 nitrogen and oxygen atoms in total. The Morgan fingerprint density at radius 1 is 1.15 bits per heavy atom. The lowest BCUT2D eigenvalue weighted by atomic mass is 10.0. The summed E-state index contributed by atoms with van der Waals surface area (Å²) in [6.45, 7) is 6.53. The zero-order valence-electron chi connectivity index (χ0n) is 15.1. The van der Waals surface area contributed by atoms with Crippen molar-refractivity contribution < 1.29 is 0 Å². The first kappa shape index (κ1) is 15.6. The van der Waals surface area contributed by atoms with Crippen molar-refractivity contribution in [1.29, 1.82) is 0 Å². The van der Waals surface area contributed by atoms with Crippen LogP contribution in [0.4, 0.5) is 11.5 Å². The van der Waals surface area contributed by atoms with E-state index in [1.165, 1.54) is 17.5 Å². The predicted octanol–water partition coefficient (Wildman–Crippen LogP) is 3.01. The maximum atomic E-state index is 4.89. The lowest BCUT2D eigenvalue weighted by Crippen LogP contribution is -2.28. The summed E-state index contributed by atoms with van der Waals surface area (Å²) >= 11 is 0. The minimum absolute atomic E-state index is 0.470. The first-order chi connectivity index (χ1) is 12.8. The Bertz CT molecular complexity index is 947. The van der Waals surface area contributed by atoms with Crippen molar-refractivity contribution >= 4 is 17.2 Å². The monoisotopic (exact) mass is 348 g/mol. The van der Waals surface area contributed by atoms with Crippen LogP contribution in [-0.4, -0.2) is 51.7 Å². The van der Waals surface area contributed by atoms with Gasteiger partial charge in [0.1, 0.15) is 5.82 Å². The fraction of sp³-hybridized carbons (Fsp3) is 0.400. The van der Waals surface area contributed by atoms with Gasteiger partial charge in [0.2, 0.25) is 0 Å². The largest absolute Gasteiger partial charge is 0.385 e. The van der Waals surface area contributed by atoms with Gasteiger partial charge in [0.25, 0.3) is 0 Å². The summed E-state index contributed by atoms with van der Waals surface area (Å²) in [5.41, 5.74) is 5.57. The molecule has 6 bridgehead atoms. The molecule has 1 fully saturated rings. The second-order valence-corrected chi connectivity index (χ2v) is 7.38. The topological polar surface area (TPSA) is 57.5 Å². The first-order valence-corrected chi connectivity index (χ1v) is 9.44. The Labute approximate surface area is 153 Å². The summed E-state index contributed by atoms with van der Waals surface area (Å²) in [5, 5.41) is 11.7. The molecule has 3 aromatic rings. The van der Waals surface area contributed by atoms with E-state index in [-0.39, 0.29) is 0 Å². The number of benzene rings is 1. The molecule has 0 amide bonds. The second kappa shape index (κ2) is 6.29. The molecule has 0 aliphatic carbocycles. The minimum atomic E-state index is 0.470. The van der Waals surface area contributed by atoms with Crippen LogP contribution in [0.5, 0.6) is 0 Å². The molecule has 0 saturated carbocycles. The van der Waals surface area contributed by atoms with Gasteiger partial charge < -0.3 is 15.5 Å². The lowest BCUT2D eigenvalue weighted by molar-refractivity contribution is 0.335. The fourth-order valence-corrected chi connectivity index (χ4v) is 4.06. The third-order valence-electron chi connectivity index (χ3n) is 5.50. The van der Waals surface area contributed by atoms with Gasteiger partial charge in [-0.15, -0.1) is 0 Å². The van der Waals surface area contributed by atoms with Crippen molar-refractivity contribution in [3.05, 3.63) is 42.2 Å². The van der Waals surface area contributed by atoms with Crippen LogP contribution in [0.1, 0.15) is 18.4 Å². The van der Waals surface area contributed by atoms with Crippen molar-refractivity contribution in [2.24, 2.45) is 0 Å². The molecule has 6 heteroatoms. The van der Waals surface area contributed by atoms with Gasteiger partial charge in [-0.1, -0.05) is 6.07 Å². The third kappa shape index (κ3) is 2.80. The average Bonchev–Trinajstić information content (AvgIpc) is 3.26. The van der Waals surface area contributed by atoms with E-state index in [0.717, 1.165) is 55.3 Å². The lowest BCUT2D eigenvalue weighted by Gasteiger charge is -2.17. The summed E-state index contributed by atoms with van der Waals surface area (Å²) in [6, 6.07) is 9.05. The molecule has 1 aromatic carbocycles. The van der Waals surface area contributed by atoms with Crippen LogP contribution >= 0.6 is 0 Å². The van der Waals surface area contributed by atoms with Crippen molar-refractivity contribution in [3.63, 3.8) is 0 Å². The van der Waals surface area contributed by atoms with Crippen LogP contribution in [0.3, 0.4) is 0 Å². The second-order valence-electron chi connectivity index (χ2n) is 7.38. The molecule has 2 atom stereocenters. The normalized spacial score (nSPS) is 22.5. The molecule has 134 valence electrons. The van der Waals surface area contributed by atoms with Crippen molar-refractivity contribution in [2.75, 3.05) is 36.8 Å². The number of anilines is 2. The average molecular weight is 348 g/mol. The highest BCUT2D eigenvalue weighted by molar-refractivity contribution is 5.81. The van der Waals surface area contributed by atoms with Crippen LogP contribution in [0, 0.1) is 6.92 Å². The number of hydrogen-bond donors (Lipinski definition) is 2. The molecule has 2 aromatic heterocycles. The third-order valence-corrected chi connectivity index (χ3v) is 5.50. The molecule has 2 unspecified atom stereocenters. The minimum Gasteiger partial charge on any atom is -0.385 e. The van der Waals surface area contributed by atoms with Crippen LogP contribution in [0.2, 0.25) is 0 Å². The smallest absolute Gasteiger partial charge is 0.165 e. The van der Waals surface area contributed by atoms with Crippen LogP contribution in [-0.2, 0) is 0 Å². The van der Waals surface area contributed by atoms with E-state index in [9.17, 15) is 0 Å². The van der Waals surface area contributed by atoms with E-state index >= 15 is 0 Å². The molecule has 2 aliphatic rings. The number of aryl methyl sites for hydroxylation is 1. The Morgan fingerprint density at radius 3 is 3.08 bits per heavy atom. The van der Waals surface area contributed by atoms with Gasteiger partial charge in [0, 0.05) is 43.1 Å². The molecule has 2 N–H and O–H groups in total. The fourth-order valence-electron chi connectivity index (χ4n) is 4.06. The summed E-state index contributed by atoms with van der Waals surface area (Å²) in [6.07, 6.45) is 6.24. The van der Waals surface area contributed by atoms with E-state index in [1.807, 2.05) is 23.0 Å². The zero-order chi connectivity index (χ0) is 17.5. The molecule has 0 radical (unpaired) electrons. The van der Waals surface area contributed by atoms with E-state index < -0.39 is 0 Å². The van der Waals surface area contributed by atoms with Gasteiger partial charge in [0.05, 0.1) is 6.20 Å². The zero-order valence-corrected chi connectivity index (χ0v) is 15.1. The van der Waals surface area contributed by atoms with Crippen molar-refractivity contribution in [3.8, 4) is 11.1 Å². The van der Waals surface area contributed by atoms with Crippen LogP contribution in [0.15, 0.2) is 36.7 Å². The predicted molar refractivity (Wildman–Crippen MR) is 105 cm³/mol. The number of fused-ring (bicyclic) bond motifs is 6. The van der Waals surface area contributed by atoms with Gasteiger partial charge in [-0.3, -0.25) is 0 Å². The number of aromatic nitrogens is 3. The van der Waals surface area contributed by atoms with Crippen LogP contribution in [0.25, 0.3) is 16.8 Å². The molecule has 1 saturated heterocycles.